The van der Waals surface area contributed by atoms with Gasteiger partial charge in [-0.1, -0.05) is 12.1 Å². The molecule has 0 spiro atoms. The Morgan fingerprint density at radius 2 is 2.41 bits per heavy atom. The molecule has 1 aliphatic rings. The predicted octanol–water partition coefficient (Wildman–Crippen LogP) is 1.74. The molecule has 94 valence electrons. The number of rotatable bonds is 3. The summed E-state index contributed by atoms with van der Waals surface area (Å²) in [6.45, 7) is 3.98. The van der Waals surface area contributed by atoms with Crippen LogP contribution in [-0.4, -0.2) is 40.6 Å². The average Bonchev–Trinajstić information content (AvgIpc) is 2.32. The summed E-state index contributed by atoms with van der Waals surface area (Å²) in [5, 5.41) is 10.2. The molecule has 1 heterocycles. The van der Waals surface area contributed by atoms with Crippen LogP contribution in [-0.2, 0) is 0 Å². The van der Waals surface area contributed by atoms with Gasteiger partial charge in [-0.15, -0.1) is 0 Å². The zero-order valence-corrected chi connectivity index (χ0v) is 11.0. The first-order valence-corrected chi connectivity index (χ1v) is 7.17. The molecule has 0 aliphatic carbocycles. The molecule has 2 atom stereocenters. The number of aliphatic hydroxyl groups is 1. The molecule has 1 fully saturated rings. The van der Waals surface area contributed by atoms with E-state index in [0.717, 1.165) is 23.6 Å². The summed E-state index contributed by atoms with van der Waals surface area (Å²) >= 11 is 1.99. The summed E-state index contributed by atoms with van der Waals surface area (Å²) in [6, 6.07) is 8.07. The van der Waals surface area contributed by atoms with Gasteiger partial charge in [-0.05, 0) is 24.6 Å². The van der Waals surface area contributed by atoms with Gasteiger partial charge in [0.1, 0.15) is 0 Å². The van der Waals surface area contributed by atoms with E-state index in [0.29, 0.717) is 18.3 Å². The highest BCUT2D eigenvalue weighted by Crippen LogP contribution is 2.21. The molecule has 0 amide bonds. The molecule has 1 aromatic carbocycles. The summed E-state index contributed by atoms with van der Waals surface area (Å²) in [7, 11) is 0. The molecule has 1 aromatic rings. The number of anilines is 1. The molecule has 2 rings (SSSR count). The fraction of sp³-hybridized carbons (Fsp3) is 0.538. The summed E-state index contributed by atoms with van der Waals surface area (Å²) < 4.78 is 0. The number of hydrogen-bond acceptors (Lipinski definition) is 4. The molecule has 3 N–H and O–H groups in total. The lowest BCUT2D eigenvalue weighted by Crippen LogP contribution is -2.42. The van der Waals surface area contributed by atoms with Crippen molar-refractivity contribution in [3.63, 3.8) is 0 Å². The summed E-state index contributed by atoms with van der Waals surface area (Å²) in [5.41, 5.74) is 7.35. The predicted molar refractivity (Wildman–Crippen MR) is 74.2 cm³/mol. The standard InChI is InChI=1S/C13H20N2OS/c1-10-9-17-6-5-15(10)8-13(16)11-3-2-4-12(14)7-11/h2-4,7,10,13,16H,5-6,8-9,14H2,1H3. The highest BCUT2D eigenvalue weighted by molar-refractivity contribution is 7.99. The molecule has 0 saturated carbocycles. The first kappa shape index (κ1) is 12.7. The van der Waals surface area contributed by atoms with E-state index in [2.05, 4.69) is 11.8 Å². The molecule has 1 aliphatic heterocycles. The van der Waals surface area contributed by atoms with Gasteiger partial charge < -0.3 is 10.8 Å². The molecule has 0 radical (unpaired) electrons. The Hall–Kier alpha value is -0.710. The van der Waals surface area contributed by atoms with Crippen LogP contribution in [0.5, 0.6) is 0 Å². The SMILES string of the molecule is CC1CSCCN1CC(O)c1cccc(N)c1. The lowest BCUT2D eigenvalue weighted by molar-refractivity contribution is 0.0990. The van der Waals surface area contributed by atoms with Crippen molar-refractivity contribution in [2.24, 2.45) is 0 Å². The van der Waals surface area contributed by atoms with Crippen molar-refractivity contribution >= 4 is 17.4 Å². The monoisotopic (exact) mass is 252 g/mol. The second-order valence-electron chi connectivity index (χ2n) is 4.60. The summed E-state index contributed by atoms with van der Waals surface area (Å²) in [5.74, 6) is 2.32. The maximum Gasteiger partial charge on any atom is 0.0917 e. The van der Waals surface area contributed by atoms with Gasteiger partial charge in [0.25, 0.3) is 0 Å². The second kappa shape index (κ2) is 5.76. The highest BCUT2D eigenvalue weighted by Gasteiger charge is 2.21. The Labute approximate surface area is 107 Å². The van der Waals surface area contributed by atoms with Crippen molar-refractivity contribution in [1.82, 2.24) is 4.90 Å². The fourth-order valence-electron chi connectivity index (χ4n) is 2.13. The molecule has 2 unspecified atom stereocenters. The third-order valence-electron chi connectivity index (χ3n) is 3.21. The number of aliphatic hydroxyl groups excluding tert-OH is 1. The van der Waals surface area contributed by atoms with E-state index in [4.69, 9.17) is 5.73 Å². The quantitative estimate of drug-likeness (QED) is 0.805. The smallest absolute Gasteiger partial charge is 0.0917 e. The first-order chi connectivity index (χ1) is 8.16. The van der Waals surface area contributed by atoms with Crippen molar-refractivity contribution < 1.29 is 5.11 Å². The maximum atomic E-state index is 10.2. The highest BCUT2D eigenvalue weighted by atomic mass is 32.2. The van der Waals surface area contributed by atoms with Crippen LogP contribution in [0, 0.1) is 0 Å². The van der Waals surface area contributed by atoms with E-state index in [1.807, 2.05) is 36.0 Å². The molecular weight excluding hydrogens is 232 g/mol. The number of nitrogens with zero attached hydrogens (tertiary/aromatic N) is 1. The van der Waals surface area contributed by atoms with Gasteiger partial charge in [0.15, 0.2) is 0 Å². The normalized spacial score (nSPS) is 23.5. The lowest BCUT2D eigenvalue weighted by atomic mass is 10.1. The van der Waals surface area contributed by atoms with Gasteiger partial charge in [0.05, 0.1) is 6.10 Å². The third-order valence-corrected chi connectivity index (χ3v) is 4.40. The van der Waals surface area contributed by atoms with Crippen LogP contribution in [0.3, 0.4) is 0 Å². The molecule has 3 nitrogen and oxygen atoms in total. The molecule has 0 aromatic heterocycles. The van der Waals surface area contributed by atoms with Crippen molar-refractivity contribution in [2.75, 3.05) is 30.3 Å². The Kier molecular flexibility index (Phi) is 4.31. The zero-order chi connectivity index (χ0) is 12.3. The van der Waals surface area contributed by atoms with Crippen molar-refractivity contribution in [1.29, 1.82) is 0 Å². The van der Waals surface area contributed by atoms with Gasteiger partial charge in [-0.3, -0.25) is 4.90 Å². The molecule has 1 saturated heterocycles. The van der Waals surface area contributed by atoms with Crippen LogP contribution in [0.15, 0.2) is 24.3 Å². The van der Waals surface area contributed by atoms with Crippen LogP contribution in [0.1, 0.15) is 18.6 Å². The van der Waals surface area contributed by atoms with Gasteiger partial charge in [-0.2, -0.15) is 11.8 Å². The topological polar surface area (TPSA) is 49.5 Å². The summed E-state index contributed by atoms with van der Waals surface area (Å²) in [4.78, 5) is 2.35. The average molecular weight is 252 g/mol. The molecular formula is C13H20N2OS. The molecule has 0 bridgehead atoms. The van der Waals surface area contributed by atoms with Crippen molar-refractivity contribution in [3.8, 4) is 0 Å². The molecule has 17 heavy (non-hydrogen) atoms. The van der Waals surface area contributed by atoms with E-state index in [9.17, 15) is 5.11 Å². The van der Waals surface area contributed by atoms with E-state index >= 15 is 0 Å². The van der Waals surface area contributed by atoms with E-state index < -0.39 is 6.10 Å². The Balaban J connectivity index is 1.98. The number of hydrogen-bond donors (Lipinski definition) is 2. The van der Waals surface area contributed by atoms with Crippen molar-refractivity contribution in [2.45, 2.75) is 19.1 Å². The van der Waals surface area contributed by atoms with Crippen LogP contribution < -0.4 is 5.73 Å². The van der Waals surface area contributed by atoms with Crippen LogP contribution in [0.4, 0.5) is 5.69 Å². The van der Waals surface area contributed by atoms with Gasteiger partial charge >= 0.3 is 0 Å². The Morgan fingerprint density at radius 1 is 1.59 bits per heavy atom. The summed E-state index contributed by atoms with van der Waals surface area (Å²) in [6.07, 6.45) is -0.441. The third kappa shape index (κ3) is 3.37. The number of β-amino-alcohol motifs (C(OH)–C–C–N with tert-alkyl or cyclic N) is 1. The molecule has 4 heteroatoms. The Bertz CT molecular complexity index is 372. The van der Waals surface area contributed by atoms with E-state index in [1.165, 1.54) is 0 Å². The minimum absolute atomic E-state index is 0.441. The lowest BCUT2D eigenvalue weighted by Gasteiger charge is -2.34. The number of thioether (sulfide) groups is 1. The fourth-order valence-corrected chi connectivity index (χ4v) is 3.21. The zero-order valence-electron chi connectivity index (χ0n) is 10.2. The van der Waals surface area contributed by atoms with Crippen LogP contribution >= 0.6 is 11.8 Å². The van der Waals surface area contributed by atoms with Crippen LogP contribution in [0.2, 0.25) is 0 Å². The first-order valence-electron chi connectivity index (χ1n) is 6.02. The van der Waals surface area contributed by atoms with E-state index in [-0.39, 0.29) is 0 Å². The van der Waals surface area contributed by atoms with Gasteiger partial charge in [0, 0.05) is 36.3 Å². The van der Waals surface area contributed by atoms with Gasteiger partial charge in [0.2, 0.25) is 0 Å². The van der Waals surface area contributed by atoms with Crippen molar-refractivity contribution in [3.05, 3.63) is 29.8 Å². The second-order valence-corrected chi connectivity index (χ2v) is 5.75. The number of benzene rings is 1. The number of nitrogens with two attached hydrogens (primary N) is 1. The van der Waals surface area contributed by atoms with Crippen LogP contribution in [0.25, 0.3) is 0 Å². The maximum absolute atomic E-state index is 10.2. The minimum atomic E-state index is -0.441. The minimum Gasteiger partial charge on any atom is -0.399 e. The Morgan fingerprint density at radius 3 is 3.12 bits per heavy atom. The van der Waals surface area contributed by atoms with Gasteiger partial charge in [-0.25, -0.2) is 0 Å². The number of nitrogen functional groups attached to an aromatic ring is 1. The largest absolute Gasteiger partial charge is 0.399 e. The van der Waals surface area contributed by atoms with E-state index in [1.54, 1.807) is 0 Å².